The molecule has 0 aromatic heterocycles. The second kappa shape index (κ2) is 7.28. The number of benzene rings is 1. The van der Waals surface area contributed by atoms with Crippen LogP contribution in [0.3, 0.4) is 0 Å². The zero-order chi connectivity index (χ0) is 14.4. The summed E-state index contributed by atoms with van der Waals surface area (Å²) in [5.41, 5.74) is 6.22. The van der Waals surface area contributed by atoms with Gasteiger partial charge in [-0.15, -0.1) is 0 Å². The Morgan fingerprint density at radius 3 is 2.53 bits per heavy atom. The first-order valence-corrected chi connectivity index (χ1v) is 7.77. The molecule has 0 bridgehead atoms. The van der Waals surface area contributed by atoms with E-state index in [1.807, 2.05) is 13.8 Å². The van der Waals surface area contributed by atoms with Gasteiger partial charge in [-0.25, -0.2) is 0 Å². The Balaban J connectivity index is 2.74. The summed E-state index contributed by atoms with van der Waals surface area (Å²) >= 11 is 0. The van der Waals surface area contributed by atoms with Gasteiger partial charge < -0.3 is 11.1 Å². The van der Waals surface area contributed by atoms with Crippen LogP contribution in [0.25, 0.3) is 0 Å². The van der Waals surface area contributed by atoms with E-state index in [9.17, 15) is 9.00 Å². The lowest BCUT2D eigenvalue weighted by Gasteiger charge is -2.18. The fraction of sp³-hybridized carbons (Fsp3) is 0.500. The highest BCUT2D eigenvalue weighted by Gasteiger charge is 2.22. The molecule has 1 amide bonds. The third-order valence-corrected chi connectivity index (χ3v) is 4.69. The molecule has 0 fully saturated rings. The topological polar surface area (TPSA) is 72.2 Å². The van der Waals surface area contributed by atoms with Crippen molar-refractivity contribution >= 4 is 22.4 Å². The highest BCUT2D eigenvalue weighted by atomic mass is 32.2. The number of nitrogens with one attached hydrogen (secondary N) is 1. The van der Waals surface area contributed by atoms with Gasteiger partial charge in [0.15, 0.2) is 0 Å². The number of carbonyl (C=O) groups is 1. The quantitative estimate of drug-likeness (QED) is 0.785. The number of hydrogen-bond acceptors (Lipinski definition) is 3. The molecule has 0 saturated heterocycles. The molecule has 4 nitrogen and oxygen atoms in total. The van der Waals surface area contributed by atoms with Crippen molar-refractivity contribution in [3.8, 4) is 0 Å². The third kappa shape index (κ3) is 4.35. The SMILES string of the molecule is CCC(CC)NC(=O)C(C)S(=O)c1cccc(N)c1. The molecular formula is C14H22N2O2S. The molecule has 2 atom stereocenters. The van der Waals surface area contributed by atoms with E-state index >= 15 is 0 Å². The smallest absolute Gasteiger partial charge is 0.236 e. The molecule has 3 N–H and O–H groups in total. The van der Waals surface area contributed by atoms with Crippen molar-refractivity contribution < 1.29 is 9.00 Å². The molecule has 0 saturated carbocycles. The number of carbonyl (C=O) groups excluding carboxylic acids is 1. The monoisotopic (exact) mass is 282 g/mol. The van der Waals surface area contributed by atoms with Crippen LogP contribution in [0.5, 0.6) is 0 Å². The molecule has 0 radical (unpaired) electrons. The maximum absolute atomic E-state index is 12.3. The maximum Gasteiger partial charge on any atom is 0.236 e. The van der Waals surface area contributed by atoms with Gasteiger partial charge in [-0.1, -0.05) is 19.9 Å². The summed E-state index contributed by atoms with van der Waals surface area (Å²) < 4.78 is 12.3. The van der Waals surface area contributed by atoms with Crippen molar-refractivity contribution in [1.29, 1.82) is 0 Å². The normalized spacial score (nSPS) is 14.1. The fourth-order valence-corrected chi connectivity index (χ4v) is 2.89. The Bertz CT molecular complexity index is 459. The largest absolute Gasteiger partial charge is 0.399 e. The molecule has 0 spiro atoms. The van der Waals surface area contributed by atoms with Crippen LogP contribution in [0.1, 0.15) is 33.6 Å². The number of hydrogen-bond donors (Lipinski definition) is 2. The van der Waals surface area contributed by atoms with Gasteiger partial charge >= 0.3 is 0 Å². The Labute approximate surface area is 117 Å². The van der Waals surface area contributed by atoms with Crippen LogP contribution in [0.15, 0.2) is 29.2 Å². The molecule has 0 aliphatic carbocycles. The molecule has 2 unspecified atom stereocenters. The first-order chi connectivity index (χ1) is 8.99. The van der Waals surface area contributed by atoms with E-state index in [0.717, 1.165) is 12.8 Å². The van der Waals surface area contributed by atoms with Crippen LogP contribution in [-0.4, -0.2) is 21.4 Å². The van der Waals surface area contributed by atoms with Crippen molar-refractivity contribution in [3.05, 3.63) is 24.3 Å². The highest BCUT2D eigenvalue weighted by Crippen LogP contribution is 2.15. The number of nitrogen functional groups attached to an aromatic ring is 1. The average Bonchev–Trinajstić information content (AvgIpc) is 2.42. The molecule has 5 heteroatoms. The van der Waals surface area contributed by atoms with Crippen molar-refractivity contribution in [1.82, 2.24) is 5.32 Å². The summed E-state index contributed by atoms with van der Waals surface area (Å²) in [4.78, 5) is 12.6. The Hall–Kier alpha value is -1.36. The predicted molar refractivity (Wildman–Crippen MR) is 79.2 cm³/mol. The summed E-state index contributed by atoms with van der Waals surface area (Å²) in [5.74, 6) is -0.172. The lowest BCUT2D eigenvalue weighted by atomic mass is 10.2. The summed E-state index contributed by atoms with van der Waals surface area (Å²) in [6.07, 6.45) is 1.75. The number of anilines is 1. The highest BCUT2D eigenvalue weighted by molar-refractivity contribution is 7.86. The average molecular weight is 282 g/mol. The Morgan fingerprint density at radius 2 is 2.00 bits per heavy atom. The van der Waals surface area contributed by atoms with Crippen LogP contribution >= 0.6 is 0 Å². The molecule has 0 aliphatic heterocycles. The zero-order valence-corrected chi connectivity index (χ0v) is 12.5. The fourth-order valence-electron chi connectivity index (χ4n) is 1.75. The summed E-state index contributed by atoms with van der Waals surface area (Å²) in [5, 5.41) is 2.34. The van der Waals surface area contributed by atoms with Crippen LogP contribution < -0.4 is 11.1 Å². The van der Waals surface area contributed by atoms with Crippen LogP contribution in [0.4, 0.5) is 5.69 Å². The number of nitrogens with two attached hydrogens (primary N) is 1. The summed E-state index contributed by atoms with van der Waals surface area (Å²) in [6.45, 7) is 5.72. The van der Waals surface area contributed by atoms with E-state index in [-0.39, 0.29) is 11.9 Å². The minimum atomic E-state index is -1.38. The van der Waals surface area contributed by atoms with E-state index in [4.69, 9.17) is 5.73 Å². The Morgan fingerprint density at radius 1 is 1.37 bits per heavy atom. The first-order valence-electron chi connectivity index (χ1n) is 6.56. The van der Waals surface area contributed by atoms with E-state index < -0.39 is 16.0 Å². The predicted octanol–water partition coefficient (Wildman–Crippen LogP) is 2.07. The molecule has 1 rings (SSSR count). The van der Waals surface area contributed by atoms with E-state index in [1.165, 1.54) is 0 Å². The van der Waals surface area contributed by atoms with Gasteiger partial charge in [0.05, 0.1) is 10.8 Å². The lowest BCUT2D eigenvalue weighted by molar-refractivity contribution is -0.121. The third-order valence-electron chi connectivity index (χ3n) is 3.11. The summed E-state index contributed by atoms with van der Waals surface area (Å²) in [6, 6.07) is 7.00. The molecule has 0 heterocycles. The Kier molecular flexibility index (Phi) is 6.02. The van der Waals surface area contributed by atoms with E-state index in [1.54, 1.807) is 31.2 Å². The molecule has 1 aromatic rings. The van der Waals surface area contributed by atoms with Gasteiger partial charge in [-0.05, 0) is 38.0 Å². The number of amides is 1. The van der Waals surface area contributed by atoms with Crippen LogP contribution in [-0.2, 0) is 15.6 Å². The van der Waals surface area contributed by atoms with Crippen molar-refractivity contribution in [2.24, 2.45) is 0 Å². The van der Waals surface area contributed by atoms with Crippen molar-refractivity contribution in [3.63, 3.8) is 0 Å². The number of rotatable bonds is 6. The van der Waals surface area contributed by atoms with Gasteiger partial charge in [0, 0.05) is 16.6 Å². The first kappa shape index (κ1) is 15.7. The standard InChI is InChI=1S/C14H22N2O2S/c1-4-12(5-2)16-14(17)10(3)19(18)13-8-6-7-11(15)9-13/h6-10,12H,4-5,15H2,1-3H3,(H,16,17). The van der Waals surface area contributed by atoms with Crippen molar-refractivity contribution in [2.75, 3.05) is 5.73 Å². The van der Waals surface area contributed by atoms with Crippen LogP contribution in [0, 0.1) is 0 Å². The maximum atomic E-state index is 12.3. The second-order valence-electron chi connectivity index (χ2n) is 4.53. The minimum absolute atomic E-state index is 0.146. The van der Waals surface area contributed by atoms with Crippen molar-refractivity contribution in [2.45, 2.75) is 49.8 Å². The van der Waals surface area contributed by atoms with Gasteiger partial charge in [-0.3, -0.25) is 9.00 Å². The summed E-state index contributed by atoms with van der Waals surface area (Å²) in [7, 11) is -1.38. The minimum Gasteiger partial charge on any atom is -0.399 e. The zero-order valence-electron chi connectivity index (χ0n) is 11.7. The van der Waals surface area contributed by atoms with Gasteiger partial charge in [0.25, 0.3) is 0 Å². The van der Waals surface area contributed by atoms with E-state index in [0.29, 0.717) is 10.6 Å². The molecule has 19 heavy (non-hydrogen) atoms. The van der Waals surface area contributed by atoms with Gasteiger partial charge in [0.2, 0.25) is 5.91 Å². The van der Waals surface area contributed by atoms with Gasteiger partial charge in [-0.2, -0.15) is 0 Å². The van der Waals surface area contributed by atoms with E-state index in [2.05, 4.69) is 5.32 Å². The second-order valence-corrected chi connectivity index (χ2v) is 6.31. The van der Waals surface area contributed by atoms with Crippen LogP contribution in [0.2, 0.25) is 0 Å². The molecule has 106 valence electrons. The van der Waals surface area contributed by atoms with Gasteiger partial charge in [0.1, 0.15) is 5.25 Å². The lowest BCUT2D eigenvalue weighted by Crippen LogP contribution is -2.41. The molecule has 0 aliphatic rings. The molecule has 1 aromatic carbocycles. The molecular weight excluding hydrogens is 260 g/mol.